The quantitative estimate of drug-likeness (QED) is 0.665. The first-order valence-electron chi connectivity index (χ1n) is 5.76. The van der Waals surface area contributed by atoms with Crippen molar-refractivity contribution in [2.75, 3.05) is 6.61 Å². The molecule has 2 heterocycles. The normalized spacial score (nSPS) is 35.9. The highest BCUT2D eigenvalue weighted by Gasteiger charge is 2.50. The van der Waals surface area contributed by atoms with Crippen LogP contribution in [0.1, 0.15) is 25.7 Å². The molecule has 0 aromatic carbocycles. The number of hydrogen-bond acceptors (Lipinski definition) is 6. The number of hydrogen-bond donors (Lipinski definition) is 2. The molecular formula is C11H14O6. The van der Waals surface area contributed by atoms with E-state index in [4.69, 9.17) is 14.2 Å². The van der Waals surface area contributed by atoms with Crippen LogP contribution in [-0.2, 0) is 19.0 Å². The number of rotatable bonds is 1. The fourth-order valence-electron chi connectivity index (χ4n) is 2.62. The Hall–Kier alpha value is -1.27. The summed E-state index contributed by atoms with van der Waals surface area (Å²) in [5, 5.41) is 18.8. The molecule has 1 saturated heterocycles. The van der Waals surface area contributed by atoms with Gasteiger partial charge in [0.1, 0.15) is 6.10 Å². The van der Waals surface area contributed by atoms with Gasteiger partial charge in [-0.15, -0.1) is 0 Å². The van der Waals surface area contributed by atoms with Crippen molar-refractivity contribution in [1.82, 2.24) is 0 Å². The van der Waals surface area contributed by atoms with E-state index >= 15 is 0 Å². The molecule has 2 fully saturated rings. The van der Waals surface area contributed by atoms with Crippen molar-refractivity contribution in [3.63, 3.8) is 0 Å². The fourth-order valence-corrected chi connectivity index (χ4v) is 2.62. The highest BCUT2D eigenvalue weighted by molar-refractivity contribution is 5.89. The van der Waals surface area contributed by atoms with Gasteiger partial charge in [0.25, 0.3) is 0 Å². The average molecular weight is 242 g/mol. The zero-order chi connectivity index (χ0) is 12.0. The molecule has 6 nitrogen and oxygen atoms in total. The van der Waals surface area contributed by atoms with Crippen LogP contribution in [0.2, 0.25) is 0 Å². The third-order valence-electron chi connectivity index (χ3n) is 3.52. The van der Waals surface area contributed by atoms with Crippen LogP contribution < -0.4 is 0 Å². The minimum absolute atomic E-state index is 0.259. The molecule has 1 spiro atoms. The van der Waals surface area contributed by atoms with Crippen LogP contribution >= 0.6 is 0 Å². The Balaban J connectivity index is 1.74. The molecule has 3 aliphatic rings. The lowest BCUT2D eigenvalue weighted by molar-refractivity contribution is -0.177. The maximum absolute atomic E-state index is 11.1. The van der Waals surface area contributed by atoms with E-state index in [1.54, 1.807) is 0 Å². The van der Waals surface area contributed by atoms with Gasteiger partial charge in [-0.25, -0.2) is 4.79 Å². The zero-order valence-electron chi connectivity index (χ0n) is 9.22. The van der Waals surface area contributed by atoms with Gasteiger partial charge in [0.15, 0.2) is 17.7 Å². The first-order chi connectivity index (χ1) is 8.11. The van der Waals surface area contributed by atoms with E-state index in [2.05, 4.69) is 0 Å². The van der Waals surface area contributed by atoms with E-state index in [1.165, 1.54) is 0 Å². The summed E-state index contributed by atoms with van der Waals surface area (Å²) in [6.07, 6.45) is 2.25. The zero-order valence-corrected chi connectivity index (χ0v) is 9.22. The minimum Gasteiger partial charge on any atom is -0.505 e. The molecule has 0 bridgehead atoms. The van der Waals surface area contributed by atoms with Gasteiger partial charge in [-0.2, -0.15) is 0 Å². The third kappa shape index (κ3) is 1.59. The van der Waals surface area contributed by atoms with Crippen LogP contribution in [-0.4, -0.2) is 40.8 Å². The summed E-state index contributed by atoms with van der Waals surface area (Å²) in [6.45, 7) is 0.259. The van der Waals surface area contributed by atoms with Gasteiger partial charge in [0.05, 0.1) is 6.61 Å². The molecule has 0 aromatic rings. The van der Waals surface area contributed by atoms with Crippen molar-refractivity contribution >= 4 is 5.97 Å². The predicted molar refractivity (Wildman–Crippen MR) is 54.2 cm³/mol. The van der Waals surface area contributed by atoms with E-state index in [9.17, 15) is 15.0 Å². The molecule has 1 saturated carbocycles. The Morgan fingerprint density at radius 1 is 1.24 bits per heavy atom. The minimum atomic E-state index is -0.942. The lowest BCUT2D eigenvalue weighted by atomic mass is 10.2. The Morgan fingerprint density at radius 2 is 1.94 bits per heavy atom. The van der Waals surface area contributed by atoms with Gasteiger partial charge in [-0.1, -0.05) is 0 Å². The Kier molecular flexibility index (Phi) is 2.31. The number of carbonyl (C=O) groups excluding carboxylic acids is 1. The summed E-state index contributed by atoms with van der Waals surface area (Å²) in [5.41, 5.74) is 0. The first-order valence-corrected chi connectivity index (χ1v) is 5.76. The van der Waals surface area contributed by atoms with E-state index < -0.39 is 35.5 Å². The van der Waals surface area contributed by atoms with E-state index in [0.717, 1.165) is 25.7 Å². The lowest BCUT2D eigenvalue weighted by Crippen LogP contribution is -2.33. The third-order valence-corrected chi connectivity index (χ3v) is 3.52. The monoisotopic (exact) mass is 242 g/mol. The van der Waals surface area contributed by atoms with Crippen LogP contribution in [0.5, 0.6) is 0 Å². The molecule has 2 N–H and O–H groups in total. The van der Waals surface area contributed by atoms with Crippen molar-refractivity contribution in [2.24, 2.45) is 0 Å². The molecule has 1 aliphatic carbocycles. The molecule has 2 aliphatic heterocycles. The number of aliphatic hydroxyl groups excluding tert-OH is 2. The van der Waals surface area contributed by atoms with E-state index in [1.807, 2.05) is 0 Å². The summed E-state index contributed by atoms with van der Waals surface area (Å²) in [7, 11) is 0. The SMILES string of the molecule is O=C1O[C@H]([C@H]2COC3(CCCC3)O2)C(O)=C1O. The molecule has 0 amide bonds. The Bertz CT molecular complexity index is 381. The van der Waals surface area contributed by atoms with E-state index in [0.29, 0.717) is 0 Å². The molecule has 94 valence electrons. The number of ether oxygens (including phenoxy) is 3. The Morgan fingerprint density at radius 3 is 2.53 bits per heavy atom. The standard InChI is InChI=1S/C11H14O6/c12-7-8(13)10(14)16-9(7)6-5-15-11(17-6)3-1-2-4-11/h6,9,12-13H,1-5H2/t6-,9-/m1/s1. The van der Waals surface area contributed by atoms with Crippen molar-refractivity contribution < 1.29 is 29.2 Å². The fraction of sp³-hybridized carbons (Fsp3) is 0.727. The van der Waals surface area contributed by atoms with Crippen LogP contribution in [0, 0.1) is 0 Å². The maximum atomic E-state index is 11.1. The smallest absolute Gasteiger partial charge is 0.377 e. The second kappa shape index (κ2) is 3.61. The molecule has 3 rings (SSSR count). The highest BCUT2D eigenvalue weighted by Crippen LogP contribution is 2.41. The summed E-state index contributed by atoms with van der Waals surface area (Å²) >= 11 is 0. The van der Waals surface area contributed by atoms with Crippen LogP contribution in [0.25, 0.3) is 0 Å². The van der Waals surface area contributed by atoms with Gasteiger partial charge in [-0.3, -0.25) is 0 Å². The summed E-state index contributed by atoms with van der Waals surface area (Å²) in [5.74, 6) is -2.68. The van der Waals surface area contributed by atoms with Crippen LogP contribution in [0.15, 0.2) is 11.5 Å². The number of cyclic esters (lactones) is 1. The van der Waals surface area contributed by atoms with E-state index in [-0.39, 0.29) is 6.61 Å². The number of carbonyl (C=O) groups is 1. The lowest BCUT2D eigenvalue weighted by Gasteiger charge is -2.23. The van der Waals surface area contributed by atoms with Crippen molar-refractivity contribution in [3.05, 3.63) is 11.5 Å². The molecule has 0 aromatic heterocycles. The second-order valence-electron chi connectivity index (χ2n) is 4.64. The van der Waals surface area contributed by atoms with Crippen LogP contribution in [0.3, 0.4) is 0 Å². The number of esters is 1. The summed E-state index contributed by atoms with van der Waals surface area (Å²) in [4.78, 5) is 11.1. The summed E-state index contributed by atoms with van der Waals surface area (Å²) in [6, 6.07) is 0. The van der Waals surface area contributed by atoms with Crippen molar-refractivity contribution in [1.29, 1.82) is 0 Å². The molecule has 0 unspecified atom stereocenters. The molecule has 0 radical (unpaired) electrons. The predicted octanol–water partition coefficient (Wildman–Crippen LogP) is 0.925. The Labute approximate surface area is 97.8 Å². The van der Waals surface area contributed by atoms with Crippen molar-refractivity contribution in [2.45, 2.75) is 43.7 Å². The van der Waals surface area contributed by atoms with Crippen molar-refractivity contribution in [3.8, 4) is 0 Å². The van der Waals surface area contributed by atoms with Gasteiger partial charge < -0.3 is 24.4 Å². The summed E-state index contributed by atoms with van der Waals surface area (Å²) < 4.78 is 16.2. The molecule has 17 heavy (non-hydrogen) atoms. The topological polar surface area (TPSA) is 85.2 Å². The van der Waals surface area contributed by atoms with Gasteiger partial charge in [-0.05, 0) is 12.8 Å². The number of aliphatic hydroxyl groups is 2. The first kappa shape index (κ1) is 10.9. The average Bonchev–Trinajstić information content (AvgIpc) is 2.99. The van der Waals surface area contributed by atoms with Crippen LogP contribution in [0.4, 0.5) is 0 Å². The van der Waals surface area contributed by atoms with Gasteiger partial charge in [0.2, 0.25) is 5.76 Å². The molecule has 2 atom stereocenters. The van der Waals surface area contributed by atoms with Gasteiger partial charge >= 0.3 is 5.97 Å². The largest absolute Gasteiger partial charge is 0.505 e. The molecule has 6 heteroatoms. The maximum Gasteiger partial charge on any atom is 0.377 e. The molecular weight excluding hydrogens is 228 g/mol. The second-order valence-corrected chi connectivity index (χ2v) is 4.64. The van der Waals surface area contributed by atoms with Gasteiger partial charge in [0, 0.05) is 12.8 Å². The highest BCUT2D eigenvalue weighted by atomic mass is 16.8.